The van der Waals surface area contributed by atoms with Crippen molar-refractivity contribution in [2.24, 2.45) is 0 Å². The van der Waals surface area contributed by atoms with Crippen molar-refractivity contribution >= 4 is 18.3 Å². The molecule has 2 aliphatic rings. The van der Waals surface area contributed by atoms with E-state index in [4.69, 9.17) is 13.3 Å². The van der Waals surface area contributed by atoms with Crippen LogP contribution in [0.25, 0.3) is 0 Å². The van der Waals surface area contributed by atoms with Crippen molar-refractivity contribution in [3.05, 3.63) is 0 Å². The molecule has 2 aliphatic heterocycles. The van der Waals surface area contributed by atoms with Crippen molar-refractivity contribution in [3.8, 4) is 0 Å². The Bertz CT molecular complexity index is 437. The predicted octanol–water partition coefficient (Wildman–Crippen LogP) is 2.50. The first-order valence-corrected chi connectivity index (χ1v) is 16.3. The summed E-state index contributed by atoms with van der Waals surface area (Å²) in [6.07, 6.45) is 5.04. The van der Waals surface area contributed by atoms with Crippen LogP contribution in [0.5, 0.6) is 0 Å². The van der Waals surface area contributed by atoms with Crippen molar-refractivity contribution in [1.29, 1.82) is 0 Å². The van der Waals surface area contributed by atoms with Crippen molar-refractivity contribution in [2.75, 3.05) is 86.3 Å². The fourth-order valence-corrected chi connectivity index (χ4v) is 9.11. The number of piperazine rings is 2. The Hall–Kier alpha value is 0.154. The second-order valence-electron chi connectivity index (χ2n) is 9.15. The maximum absolute atomic E-state index is 6.00. The smallest absolute Gasteiger partial charge is 0.374 e. The highest BCUT2D eigenvalue weighted by molar-refractivity contribution is 6.60. The molecule has 0 unspecified atom stereocenters. The molecule has 2 rings (SSSR count). The Morgan fingerprint density at radius 3 is 1.53 bits per heavy atom. The number of rotatable bonds is 16. The predicted molar refractivity (Wildman–Crippen MR) is 136 cm³/mol. The van der Waals surface area contributed by atoms with Crippen LogP contribution in [0.4, 0.5) is 0 Å². The van der Waals surface area contributed by atoms with E-state index in [1.807, 2.05) is 20.8 Å². The number of nitrogens with zero attached hydrogens (tertiary/aromatic N) is 4. The van der Waals surface area contributed by atoms with Crippen LogP contribution in [0.15, 0.2) is 0 Å². The maximum Gasteiger partial charge on any atom is 0.500 e. The van der Waals surface area contributed by atoms with E-state index < -0.39 is 8.80 Å². The topological polar surface area (TPSA) is 40.7 Å². The first kappa shape index (κ1) is 28.4. The standard InChI is InChI=1S/C23H50N4O3Si2/c1-6-28-32(29-7-2,30-8-3)22-12-10-9-11-21-31-23(26-17-13-24(4)14-18-26)27-19-15-25(5)16-20-27/h23H,6-22H2,1-5H3. The molecule has 0 N–H and O–H groups in total. The van der Waals surface area contributed by atoms with Crippen LogP contribution in [-0.2, 0) is 13.3 Å². The minimum absolute atomic E-state index is 0.659. The van der Waals surface area contributed by atoms with Gasteiger partial charge in [0, 0.05) is 84.0 Å². The molecule has 2 fully saturated rings. The normalized spacial score (nSPS) is 20.4. The van der Waals surface area contributed by atoms with Gasteiger partial charge >= 0.3 is 8.80 Å². The monoisotopic (exact) mass is 486 g/mol. The lowest BCUT2D eigenvalue weighted by atomic mass is 10.2. The van der Waals surface area contributed by atoms with Gasteiger partial charge in [0.1, 0.15) is 0 Å². The molecule has 32 heavy (non-hydrogen) atoms. The van der Waals surface area contributed by atoms with Crippen LogP contribution in [0.2, 0.25) is 12.1 Å². The Balaban J connectivity index is 1.72. The van der Waals surface area contributed by atoms with Crippen LogP contribution >= 0.6 is 0 Å². The van der Waals surface area contributed by atoms with Gasteiger partial charge in [0.25, 0.3) is 0 Å². The molecule has 0 aliphatic carbocycles. The van der Waals surface area contributed by atoms with E-state index in [0.717, 1.165) is 22.0 Å². The Morgan fingerprint density at radius 2 is 1.09 bits per heavy atom. The molecule has 0 saturated carbocycles. The molecule has 0 aromatic carbocycles. The molecular weight excluding hydrogens is 436 g/mol. The number of likely N-dealkylation sites (N-methyl/N-ethyl adjacent to an activating group) is 2. The summed E-state index contributed by atoms with van der Waals surface area (Å²) in [5, 5.41) is 0. The molecule has 2 saturated heterocycles. The van der Waals surface area contributed by atoms with Gasteiger partial charge in [0.2, 0.25) is 0 Å². The molecule has 7 nitrogen and oxygen atoms in total. The van der Waals surface area contributed by atoms with Gasteiger partial charge in [-0.1, -0.05) is 25.3 Å². The van der Waals surface area contributed by atoms with Gasteiger partial charge in [-0.25, -0.2) is 0 Å². The summed E-state index contributed by atoms with van der Waals surface area (Å²) >= 11 is 0. The van der Waals surface area contributed by atoms with Crippen LogP contribution in [-0.4, -0.2) is 130 Å². The number of hydrogen-bond donors (Lipinski definition) is 0. The van der Waals surface area contributed by atoms with Gasteiger partial charge in [-0.3, -0.25) is 9.80 Å². The lowest BCUT2D eigenvalue weighted by molar-refractivity contribution is 0.0311. The molecule has 0 spiro atoms. The third kappa shape index (κ3) is 9.79. The summed E-state index contributed by atoms with van der Waals surface area (Å²) in [5.41, 5.74) is 0. The quantitative estimate of drug-likeness (QED) is 0.245. The number of unbranched alkanes of at least 4 members (excludes halogenated alkanes) is 3. The van der Waals surface area contributed by atoms with E-state index in [1.54, 1.807) is 0 Å². The lowest BCUT2D eigenvalue weighted by Crippen LogP contribution is -2.61. The van der Waals surface area contributed by atoms with Crippen molar-refractivity contribution in [2.45, 2.75) is 64.3 Å². The maximum atomic E-state index is 6.00. The van der Waals surface area contributed by atoms with Gasteiger partial charge in [0.15, 0.2) is 0 Å². The van der Waals surface area contributed by atoms with Crippen LogP contribution < -0.4 is 0 Å². The number of hydrogen-bond acceptors (Lipinski definition) is 7. The summed E-state index contributed by atoms with van der Waals surface area (Å²) in [5.74, 6) is 0.659. The second kappa shape index (κ2) is 15.9. The fourth-order valence-electron chi connectivity index (χ4n) is 4.67. The van der Waals surface area contributed by atoms with Crippen LogP contribution in [0, 0.1) is 0 Å². The zero-order chi connectivity index (χ0) is 23.2. The molecule has 0 aromatic rings. The highest BCUT2D eigenvalue weighted by Gasteiger charge is 2.39. The summed E-state index contributed by atoms with van der Waals surface area (Å²) in [6.45, 7) is 17.9. The minimum atomic E-state index is -2.46. The third-order valence-electron chi connectivity index (χ3n) is 6.60. The first-order valence-electron chi connectivity index (χ1n) is 13.0. The Labute approximate surface area is 201 Å². The van der Waals surface area contributed by atoms with Gasteiger partial charge in [-0.15, -0.1) is 0 Å². The Kier molecular flexibility index (Phi) is 14.1. The molecule has 0 bridgehead atoms. The molecule has 0 atom stereocenters. The van der Waals surface area contributed by atoms with E-state index in [0.29, 0.717) is 25.6 Å². The van der Waals surface area contributed by atoms with E-state index in [2.05, 4.69) is 33.7 Å². The van der Waals surface area contributed by atoms with Crippen LogP contribution in [0.3, 0.4) is 0 Å². The SMILES string of the molecule is CCO[Si](CCCCCC[Si]C(N1CCN(C)CC1)N1CCN(C)CC1)(OCC)OCC. The molecule has 2 heterocycles. The largest absolute Gasteiger partial charge is 0.500 e. The van der Waals surface area contributed by atoms with E-state index in [9.17, 15) is 0 Å². The first-order chi connectivity index (χ1) is 15.5. The molecule has 0 amide bonds. The zero-order valence-corrected chi connectivity index (χ0v) is 23.6. The molecule has 9 heteroatoms. The fraction of sp³-hybridized carbons (Fsp3) is 1.00. The summed E-state index contributed by atoms with van der Waals surface area (Å²) in [4.78, 5) is 10.5. The molecule has 2 radical (unpaired) electrons. The van der Waals surface area contributed by atoms with E-state index in [-0.39, 0.29) is 0 Å². The van der Waals surface area contributed by atoms with E-state index in [1.165, 1.54) is 77.7 Å². The third-order valence-corrected chi connectivity index (χ3v) is 11.5. The van der Waals surface area contributed by atoms with Gasteiger partial charge in [0.05, 0.1) is 9.52 Å². The van der Waals surface area contributed by atoms with E-state index >= 15 is 0 Å². The highest BCUT2D eigenvalue weighted by Crippen LogP contribution is 2.21. The zero-order valence-electron chi connectivity index (χ0n) is 21.6. The average molecular weight is 487 g/mol. The average Bonchev–Trinajstić information content (AvgIpc) is 2.78. The summed E-state index contributed by atoms with van der Waals surface area (Å²) < 4.78 is 18.0. The lowest BCUT2D eigenvalue weighted by Gasteiger charge is -2.45. The molecule has 188 valence electrons. The Morgan fingerprint density at radius 1 is 0.656 bits per heavy atom. The molecular formula is C23H50N4O3Si2. The van der Waals surface area contributed by atoms with Gasteiger partial charge in [-0.05, 0) is 41.3 Å². The van der Waals surface area contributed by atoms with Crippen molar-refractivity contribution in [1.82, 2.24) is 19.6 Å². The van der Waals surface area contributed by atoms with Gasteiger partial charge < -0.3 is 23.1 Å². The van der Waals surface area contributed by atoms with Crippen LogP contribution in [0.1, 0.15) is 46.5 Å². The summed E-state index contributed by atoms with van der Waals surface area (Å²) in [7, 11) is 3.07. The molecule has 0 aromatic heterocycles. The van der Waals surface area contributed by atoms with Crippen molar-refractivity contribution < 1.29 is 13.3 Å². The second-order valence-corrected chi connectivity index (χ2v) is 13.3. The van der Waals surface area contributed by atoms with Gasteiger partial charge in [-0.2, -0.15) is 0 Å². The highest BCUT2D eigenvalue weighted by atomic mass is 28.4. The summed E-state index contributed by atoms with van der Waals surface area (Å²) in [6, 6.07) is 2.31. The van der Waals surface area contributed by atoms with Crippen molar-refractivity contribution in [3.63, 3.8) is 0 Å². The minimum Gasteiger partial charge on any atom is -0.374 e.